The van der Waals surface area contributed by atoms with Gasteiger partial charge in [-0.25, -0.2) is 9.97 Å². The van der Waals surface area contributed by atoms with Gasteiger partial charge in [0.1, 0.15) is 11.6 Å². The van der Waals surface area contributed by atoms with Crippen molar-refractivity contribution in [2.75, 3.05) is 17.2 Å². The summed E-state index contributed by atoms with van der Waals surface area (Å²) in [4.78, 5) is 10.6. The molecule has 2 heterocycles. The first kappa shape index (κ1) is 9.24. The van der Waals surface area contributed by atoms with E-state index >= 15 is 0 Å². The summed E-state index contributed by atoms with van der Waals surface area (Å²) in [6.07, 6.45) is 5.80. The molecule has 1 aromatic heterocycles. The van der Waals surface area contributed by atoms with E-state index in [0.717, 1.165) is 12.4 Å². The molecule has 1 aliphatic heterocycles. The molecule has 1 aliphatic rings. The van der Waals surface area contributed by atoms with E-state index in [2.05, 4.69) is 28.7 Å². The van der Waals surface area contributed by atoms with Crippen LogP contribution < -0.4 is 10.6 Å². The van der Waals surface area contributed by atoms with Crippen molar-refractivity contribution in [2.45, 2.75) is 32.2 Å². The fourth-order valence-corrected chi connectivity index (χ4v) is 2.00. The molecule has 2 rings (SSSR count). The second kappa shape index (κ2) is 3.12. The number of rotatable bonds is 1. The molecule has 0 bridgehead atoms. The predicted octanol–water partition coefficient (Wildman–Crippen LogP) is 1.44. The zero-order valence-corrected chi connectivity index (χ0v) is 8.70. The lowest BCUT2D eigenvalue weighted by molar-refractivity contribution is 0.514. The maximum atomic E-state index is 5.50. The fraction of sp³-hybridized carbons (Fsp3) is 0.600. The Morgan fingerprint density at radius 1 is 1.36 bits per heavy atom. The van der Waals surface area contributed by atoms with Gasteiger partial charge in [-0.05, 0) is 26.7 Å². The van der Waals surface area contributed by atoms with Crippen molar-refractivity contribution < 1.29 is 0 Å². The molecule has 14 heavy (non-hydrogen) atoms. The summed E-state index contributed by atoms with van der Waals surface area (Å²) in [5, 5.41) is 0. The maximum absolute atomic E-state index is 5.50. The lowest BCUT2D eigenvalue weighted by atomic mass is 10.0. The Kier molecular flexibility index (Phi) is 2.06. The van der Waals surface area contributed by atoms with Crippen molar-refractivity contribution in [2.24, 2.45) is 0 Å². The molecule has 0 amide bonds. The van der Waals surface area contributed by atoms with Crippen molar-refractivity contribution in [3.63, 3.8) is 0 Å². The monoisotopic (exact) mass is 192 g/mol. The fourth-order valence-electron chi connectivity index (χ4n) is 2.00. The highest BCUT2D eigenvalue weighted by Gasteiger charge is 2.32. The Hall–Kier alpha value is -1.32. The largest absolute Gasteiger partial charge is 0.382 e. The first-order chi connectivity index (χ1) is 6.59. The van der Waals surface area contributed by atoms with Crippen LogP contribution in [0.3, 0.4) is 0 Å². The van der Waals surface area contributed by atoms with Gasteiger partial charge < -0.3 is 10.6 Å². The number of nitrogen functional groups attached to an aromatic ring is 1. The summed E-state index contributed by atoms with van der Waals surface area (Å²) >= 11 is 0. The van der Waals surface area contributed by atoms with E-state index in [0.29, 0.717) is 5.82 Å². The van der Waals surface area contributed by atoms with Crippen molar-refractivity contribution in [3.8, 4) is 0 Å². The van der Waals surface area contributed by atoms with Gasteiger partial charge in [-0.3, -0.25) is 0 Å². The zero-order chi connectivity index (χ0) is 10.2. The van der Waals surface area contributed by atoms with Gasteiger partial charge in [0.25, 0.3) is 0 Å². The second-order valence-electron chi connectivity index (χ2n) is 4.37. The lowest BCUT2D eigenvalue weighted by Crippen LogP contribution is -2.38. The smallest absolute Gasteiger partial charge is 0.147 e. The standard InChI is InChI=1S/C10H16N4/c1-10(2)4-3-5-14(10)9-7-12-8(11)6-13-9/h6-7H,3-5H2,1-2H3,(H2,11,12). The van der Waals surface area contributed by atoms with Crippen LogP contribution in [-0.2, 0) is 0 Å². The number of hydrogen-bond donors (Lipinski definition) is 1. The highest BCUT2D eigenvalue weighted by atomic mass is 15.3. The molecule has 0 spiro atoms. The topological polar surface area (TPSA) is 55.0 Å². The molecule has 2 N–H and O–H groups in total. The lowest BCUT2D eigenvalue weighted by Gasteiger charge is -2.32. The third kappa shape index (κ3) is 1.52. The van der Waals surface area contributed by atoms with E-state index in [1.54, 1.807) is 12.4 Å². The van der Waals surface area contributed by atoms with Crippen LogP contribution in [-0.4, -0.2) is 22.1 Å². The van der Waals surface area contributed by atoms with E-state index < -0.39 is 0 Å². The van der Waals surface area contributed by atoms with Gasteiger partial charge in [0, 0.05) is 12.1 Å². The molecule has 4 heteroatoms. The molecule has 0 saturated carbocycles. The second-order valence-corrected chi connectivity index (χ2v) is 4.37. The third-order valence-electron chi connectivity index (χ3n) is 2.84. The molecule has 1 saturated heterocycles. The predicted molar refractivity (Wildman–Crippen MR) is 57.1 cm³/mol. The van der Waals surface area contributed by atoms with Crippen LogP contribution in [0.1, 0.15) is 26.7 Å². The number of hydrogen-bond acceptors (Lipinski definition) is 4. The van der Waals surface area contributed by atoms with Gasteiger partial charge in [0.15, 0.2) is 0 Å². The summed E-state index contributed by atoms with van der Waals surface area (Å²) in [6, 6.07) is 0. The molecule has 1 fully saturated rings. The van der Waals surface area contributed by atoms with Crippen molar-refractivity contribution in [1.82, 2.24) is 9.97 Å². The number of anilines is 2. The molecule has 0 radical (unpaired) electrons. The molecular weight excluding hydrogens is 176 g/mol. The summed E-state index contributed by atoms with van der Waals surface area (Å²) in [7, 11) is 0. The minimum absolute atomic E-state index is 0.199. The van der Waals surface area contributed by atoms with Crippen LogP contribution in [0.4, 0.5) is 11.6 Å². The van der Waals surface area contributed by atoms with Crippen LogP contribution >= 0.6 is 0 Å². The van der Waals surface area contributed by atoms with E-state index in [4.69, 9.17) is 5.73 Å². The molecule has 76 valence electrons. The van der Waals surface area contributed by atoms with Gasteiger partial charge in [0.05, 0.1) is 12.4 Å². The number of nitrogens with zero attached hydrogens (tertiary/aromatic N) is 3. The number of nitrogens with two attached hydrogens (primary N) is 1. The SMILES string of the molecule is CC1(C)CCCN1c1cnc(N)cn1. The van der Waals surface area contributed by atoms with Crippen LogP contribution in [0.2, 0.25) is 0 Å². The van der Waals surface area contributed by atoms with Crippen LogP contribution in [0.15, 0.2) is 12.4 Å². The van der Waals surface area contributed by atoms with Gasteiger partial charge in [-0.2, -0.15) is 0 Å². The molecule has 4 nitrogen and oxygen atoms in total. The quantitative estimate of drug-likeness (QED) is 0.731. The molecular formula is C10H16N4. The summed E-state index contributed by atoms with van der Waals surface area (Å²) in [5.41, 5.74) is 5.70. The molecule has 0 unspecified atom stereocenters. The van der Waals surface area contributed by atoms with E-state index in [1.807, 2.05) is 0 Å². The summed E-state index contributed by atoms with van der Waals surface area (Å²) in [6.45, 7) is 5.53. The van der Waals surface area contributed by atoms with Crippen LogP contribution in [0.25, 0.3) is 0 Å². The molecule has 0 atom stereocenters. The van der Waals surface area contributed by atoms with E-state index in [9.17, 15) is 0 Å². The third-order valence-corrected chi connectivity index (χ3v) is 2.84. The highest BCUT2D eigenvalue weighted by molar-refractivity contribution is 5.43. The summed E-state index contributed by atoms with van der Waals surface area (Å²) in [5.74, 6) is 1.41. The Bertz CT molecular complexity index is 317. The average Bonchev–Trinajstić information content (AvgIpc) is 2.47. The zero-order valence-electron chi connectivity index (χ0n) is 8.70. The van der Waals surface area contributed by atoms with E-state index in [-0.39, 0.29) is 5.54 Å². The van der Waals surface area contributed by atoms with Gasteiger partial charge in [-0.15, -0.1) is 0 Å². The van der Waals surface area contributed by atoms with Crippen molar-refractivity contribution in [3.05, 3.63) is 12.4 Å². The van der Waals surface area contributed by atoms with Crippen molar-refractivity contribution >= 4 is 11.6 Å². The molecule has 1 aromatic rings. The van der Waals surface area contributed by atoms with Gasteiger partial charge in [0.2, 0.25) is 0 Å². The van der Waals surface area contributed by atoms with Crippen molar-refractivity contribution in [1.29, 1.82) is 0 Å². The normalized spacial score (nSPS) is 20.0. The first-order valence-electron chi connectivity index (χ1n) is 4.95. The Morgan fingerprint density at radius 3 is 2.64 bits per heavy atom. The number of aromatic nitrogens is 2. The minimum Gasteiger partial charge on any atom is -0.382 e. The van der Waals surface area contributed by atoms with Crippen LogP contribution in [0.5, 0.6) is 0 Å². The Labute approximate surface area is 84.2 Å². The first-order valence-corrected chi connectivity index (χ1v) is 4.95. The highest BCUT2D eigenvalue weighted by Crippen LogP contribution is 2.31. The Morgan fingerprint density at radius 2 is 2.14 bits per heavy atom. The van der Waals surface area contributed by atoms with Crippen LogP contribution in [0, 0.1) is 0 Å². The minimum atomic E-state index is 0.199. The Balaban J connectivity index is 2.27. The molecule has 0 aromatic carbocycles. The van der Waals surface area contributed by atoms with E-state index in [1.165, 1.54) is 12.8 Å². The van der Waals surface area contributed by atoms with Gasteiger partial charge in [-0.1, -0.05) is 0 Å². The average molecular weight is 192 g/mol. The molecule has 0 aliphatic carbocycles. The van der Waals surface area contributed by atoms with Gasteiger partial charge >= 0.3 is 0 Å². The maximum Gasteiger partial charge on any atom is 0.147 e. The summed E-state index contributed by atoms with van der Waals surface area (Å²) < 4.78 is 0.